The molecule has 0 amide bonds. The van der Waals surface area contributed by atoms with Crippen LogP contribution in [0.5, 0.6) is 0 Å². The fourth-order valence-electron chi connectivity index (χ4n) is 1.14. The van der Waals surface area contributed by atoms with Crippen LogP contribution in [0.3, 0.4) is 0 Å². The lowest BCUT2D eigenvalue weighted by Gasteiger charge is -2.12. The highest BCUT2D eigenvalue weighted by molar-refractivity contribution is 7.09. The van der Waals surface area contributed by atoms with Crippen LogP contribution in [0.4, 0.5) is 0 Å². The van der Waals surface area contributed by atoms with Gasteiger partial charge in [0.05, 0.1) is 16.7 Å². The second kappa shape index (κ2) is 4.50. The first kappa shape index (κ1) is 10.4. The number of hydrogen-bond acceptors (Lipinski definition) is 4. The highest BCUT2D eigenvalue weighted by Crippen LogP contribution is 2.20. The second-order valence-corrected chi connectivity index (χ2v) is 4.23. The van der Waals surface area contributed by atoms with E-state index in [9.17, 15) is 0 Å². The third-order valence-corrected chi connectivity index (χ3v) is 2.54. The molecule has 0 radical (unpaired) electrons. The van der Waals surface area contributed by atoms with Gasteiger partial charge in [-0.05, 0) is 20.3 Å². The van der Waals surface area contributed by atoms with Gasteiger partial charge in [-0.15, -0.1) is 17.9 Å². The van der Waals surface area contributed by atoms with Crippen molar-refractivity contribution in [3.8, 4) is 0 Å². The molecular formula is C9H15N3S. The van der Waals surface area contributed by atoms with Gasteiger partial charge >= 0.3 is 0 Å². The Morgan fingerprint density at radius 3 is 2.92 bits per heavy atom. The molecule has 0 bridgehead atoms. The third-order valence-electron chi connectivity index (χ3n) is 1.75. The van der Waals surface area contributed by atoms with Crippen LogP contribution in [0, 0.1) is 6.92 Å². The first-order valence-corrected chi connectivity index (χ1v) is 5.04. The number of hydrazine groups is 1. The maximum absolute atomic E-state index is 5.44. The van der Waals surface area contributed by atoms with Crippen LogP contribution < -0.4 is 11.3 Å². The van der Waals surface area contributed by atoms with Crippen molar-refractivity contribution in [3.05, 3.63) is 28.2 Å². The second-order valence-electron chi connectivity index (χ2n) is 3.17. The lowest BCUT2D eigenvalue weighted by atomic mass is 10.1. The Labute approximate surface area is 82.7 Å². The van der Waals surface area contributed by atoms with Crippen molar-refractivity contribution < 1.29 is 0 Å². The zero-order chi connectivity index (χ0) is 9.84. The number of thiazole rings is 1. The number of rotatable bonds is 4. The van der Waals surface area contributed by atoms with Crippen LogP contribution in [-0.4, -0.2) is 4.98 Å². The van der Waals surface area contributed by atoms with Crippen LogP contribution in [0.15, 0.2) is 17.5 Å². The third kappa shape index (κ3) is 2.91. The number of hydrogen-bond donors (Lipinski definition) is 2. The van der Waals surface area contributed by atoms with E-state index >= 15 is 0 Å². The normalized spacial score (nSPS) is 12.8. The predicted molar refractivity (Wildman–Crippen MR) is 56.3 cm³/mol. The Balaban J connectivity index is 2.72. The highest BCUT2D eigenvalue weighted by atomic mass is 32.1. The van der Waals surface area contributed by atoms with Crippen LogP contribution in [0.25, 0.3) is 0 Å². The molecule has 0 aliphatic rings. The van der Waals surface area contributed by atoms with E-state index in [-0.39, 0.29) is 6.04 Å². The average molecular weight is 197 g/mol. The predicted octanol–water partition coefficient (Wildman–Crippen LogP) is 1.92. The molecule has 1 rings (SSSR count). The van der Waals surface area contributed by atoms with Crippen molar-refractivity contribution in [3.63, 3.8) is 0 Å². The lowest BCUT2D eigenvalue weighted by Crippen LogP contribution is -2.28. The molecular weight excluding hydrogens is 182 g/mol. The molecule has 0 spiro atoms. The molecule has 0 aromatic carbocycles. The van der Waals surface area contributed by atoms with Crippen molar-refractivity contribution in [2.75, 3.05) is 0 Å². The van der Waals surface area contributed by atoms with Crippen LogP contribution in [0.1, 0.15) is 30.1 Å². The van der Waals surface area contributed by atoms with E-state index < -0.39 is 0 Å². The molecule has 3 N–H and O–H groups in total. The molecule has 4 heteroatoms. The molecule has 1 unspecified atom stereocenters. The Hall–Kier alpha value is -0.710. The molecule has 13 heavy (non-hydrogen) atoms. The van der Waals surface area contributed by atoms with Gasteiger partial charge in [-0.1, -0.05) is 5.57 Å². The Morgan fingerprint density at radius 1 is 1.85 bits per heavy atom. The first-order chi connectivity index (χ1) is 6.13. The fourth-order valence-corrected chi connectivity index (χ4v) is 1.80. The van der Waals surface area contributed by atoms with Crippen LogP contribution >= 0.6 is 11.3 Å². The van der Waals surface area contributed by atoms with Gasteiger partial charge in [0.15, 0.2) is 0 Å². The van der Waals surface area contributed by atoms with E-state index in [1.165, 1.54) is 0 Å². The zero-order valence-electron chi connectivity index (χ0n) is 8.00. The van der Waals surface area contributed by atoms with Gasteiger partial charge in [-0.25, -0.2) is 4.98 Å². The minimum Gasteiger partial charge on any atom is -0.271 e. The number of nitrogens with two attached hydrogens (primary N) is 1. The van der Waals surface area contributed by atoms with Gasteiger partial charge in [-0.3, -0.25) is 11.3 Å². The Morgan fingerprint density at radius 2 is 2.54 bits per heavy atom. The van der Waals surface area contributed by atoms with E-state index in [2.05, 4.69) is 17.0 Å². The van der Waals surface area contributed by atoms with Crippen molar-refractivity contribution in [2.24, 2.45) is 5.84 Å². The molecule has 1 atom stereocenters. The summed E-state index contributed by atoms with van der Waals surface area (Å²) in [4.78, 5) is 4.37. The van der Waals surface area contributed by atoms with Crippen molar-refractivity contribution in [1.29, 1.82) is 0 Å². The van der Waals surface area contributed by atoms with Gasteiger partial charge in [-0.2, -0.15) is 0 Å². The summed E-state index contributed by atoms with van der Waals surface area (Å²) in [6, 6.07) is 0.0995. The van der Waals surface area contributed by atoms with E-state index in [1.54, 1.807) is 11.3 Å². The van der Waals surface area contributed by atoms with Crippen LogP contribution in [-0.2, 0) is 0 Å². The number of aryl methyl sites for hydroxylation is 1. The molecule has 1 aromatic rings. The van der Waals surface area contributed by atoms with Crippen molar-refractivity contribution in [2.45, 2.75) is 26.3 Å². The molecule has 0 saturated heterocycles. The summed E-state index contributed by atoms with van der Waals surface area (Å²) in [5.74, 6) is 5.44. The summed E-state index contributed by atoms with van der Waals surface area (Å²) in [7, 11) is 0. The molecule has 0 fully saturated rings. The quantitative estimate of drug-likeness (QED) is 0.440. The van der Waals surface area contributed by atoms with E-state index in [1.807, 2.05) is 19.2 Å². The minimum atomic E-state index is 0.0995. The summed E-state index contributed by atoms with van der Waals surface area (Å²) < 4.78 is 0. The largest absolute Gasteiger partial charge is 0.271 e. The smallest absolute Gasteiger partial charge is 0.0898 e. The van der Waals surface area contributed by atoms with Gasteiger partial charge in [0.25, 0.3) is 0 Å². The number of nitrogens with zero attached hydrogens (tertiary/aromatic N) is 1. The lowest BCUT2D eigenvalue weighted by molar-refractivity contribution is 0.539. The summed E-state index contributed by atoms with van der Waals surface area (Å²) in [6.45, 7) is 7.83. The summed E-state index contributed by atoms with van der Waals surface area (Å²) in [5, 5.41) is 3.10. The van der Waals surface area contributed by atoms with Gasteiger partial charge in [0.2, 0.25) is 0 Å². The molecule has 0 aliphatic carbocycles. The van der Waals surface area contributed by atoms with Crippen molar-refractivity contribution >= 4 is 11.3 Å². The van der Waals surface area contributed by atoms with E-state index in [4.69, 9.17) is 5.84 Å². The van der Waals surface area contributed by atoms with Crippen LogP contribution in [0.2, 0.25) is 0 Å². The molecule has 0 aliphatic heterocycles. The maximum Gasteiger partial charge on any atom is 0.0898 e. The molecule has 72 valence electrons. The molecule has 1 heterocycles. The SMILES string of the molecule is C=C(C)CC(NN)c1csc(C)n1. The average Bonchev–Trinajstić information content (AvgIpc) is 2.47. The molecule has 3 nitrogen and oxygen atoms in total. The monoisotopic (exact) mass is 197 g/mol. The van der Waals surface area contributed by atoms with E-state index in [0.29, 0.717) is 0 Å². The molecule has 0 saturated carbocycles. The molecule has 1 aromatic heterocycles. The standard InChI is InChI=1S/C9H15N3S/c1-6(2)4-8(12-10)9-5-13-7(3)11-9/h5,8,12H,1,4,10H2,2-3H3. The summed E-state index contributed by atoms with van der Waals surface area (Å²) >= 11 is 1.64. The number of nitrogens with one attached hydrogen (secondary N) is 1. The van der Waals surface area contributed by atoms with Crippen molar-refractivity contribution in [1.82, 2.24) is 10.4 Å². The number of aromatic nitrogens is 1. The van der Waals surface area contributed by atoms with Gasteiger partial charge in [0, 0.05) is 5.38 Å². The Kier molecular flexibility index (Phi) is 3.59. The Bertz CT molecular complexity index is 293. The fraction of sp³-hybridized carbons (Fsp3) is 0.444. The summed E-state index contributed by atoms with van der Waals surface area (Å²) in [6.07, 6.45) is 0.833. The van der Waals surface area contributed by atoms with Gasteiger partial charge in [0.1, 0.15) is 0 Å². The summed E-state index contributed by atoms with van der Waals surface area (Å²) in [5.41, 5.74) is 4.86. The minimum absolute atomic E-state index is 0.0995. The highest BCUT2D eigenvalue weighted by Gasteiger charge is 2.12. The first-order valence-electron chi connectivity index (χ1n) is 4.16. The van der Waals surface area contributed by atoms with E-state index in [0.717, 1.165) is 22.7 Å². The van der Waals surface area contributed by atoms with Gasteiger partial charge < -0.3 is 0 Å². The maximum atomic E-state index is 5.44. The topological polar surface area (TPSA) is 50.9 Å². The zero-order valence-corrected chi connectivity index (χ0v) is 8.82.